The molecule has 6 nitrogen and oxygen atoms in total. The summed E-state index contributed by atoms with van der Waals surface area (Å²) in [6, 6.07) is 23.2. The van der Waals surface area contributed by atoms with Gasteiger partial charge < -0.3 is 20.3 Å². The number of hydrogen-bond acceptors (Lipinski definition) is 4. The van der Waals surface area contributed by atoms with Crippen LogP contribution in [0, 0.1) is 0 Å². The molecule has 0 spiro atoms. The van der Waals surface area contributed by atoms with E-state index in [2.05, 4.69) is 27.7 Å². The molecule has 0 saturated carbocycles. The zero-order valence-corrected chi connectivity index (χ0v) is 20.3. The highest BCUT2D eigenvalue weighted by molar-refractivity contribution is 6.02. The van der Waals surface area contributed by atoms with E-state index in [1.165, 1.54) is 12.0 Å². The largest absolute Gasteiger partial charge is 0.497 e. The van der Waals surface area contributed by atoms with Crippen molar-refractivity contribution in [1.29, 1.82) is 0 Å². The van der Waals surface area contributed by atoms with Crippen molar-refractivity contribution in [2.45, 2.75) is 32.1 Å². The lowest BCUT2D eigenvalue weighted by atomic mass is 10.1. The lowest BCUT2D eigenvalue weighted by molar-refractivity contribution is -0.115. The summed E-state index contributed by atoms with van der Waals surface area (Å²) in [7, 11) is 1.62. The fraction of sp³-hybridized carbons (Fsp3) is 0.310. The molecule has 1 heterocycles. The van der Waals surface area contributed by atoms with Gasteiger partial charge in [0.15, 0.2) is 0 Å². The topological polar surface area (TPSA) is 70.7 Å². The van der Waals surface area contributed by atoms with E-state index >= 15 is 0 Å². The molecule has 1 fully saturated rings. The lowest BCUT2D eigenvalue weighted by Gasteiger charge is -2.30. The molecular formula is C29H33N3O3. The molecule has 0 atom stereocenters. The Morgan fingerprint density at radius 1 is 0.886 bits per heavy atom. The van der Waals surface area contributed by atoms with Gasteiger partial charge in [-0.05, 0) is 67.1 Å². The molecule has 0 aromatic heterocycles. The number of anilines is 2. The summed E-state index contributed by atoms with van der Waals surface area (Å²) < 4.78 is 5.18. The Bertz CT molecular complexity index is 1120. The van der Waals surface area contributed by atoms with Gasteiger partial charge in [0.25, 0.3) is 5.91 Å². The van der Waals surface area contributed by atoms with E-state index in [1.807, 2.05) is 54.6 Å². The number of ether oxygens (including phenoxy) is 1. The Labute approximate surface area is 207 Å². The van der Waals surface area contributed by atoms with E-state index in [0.29, 0.717) is 17.8 Å². The van der Waals surface area contributed by atoms with Crippen LogP contribution in [0.4, 0.5) is 11.4 Å². The van der Waals surface area contributed by atoms with Crippen LogP contribution in [0.25, 0.3) is 0 Å². The van der Waals surface area contributed by atoms with Crippen molar-refractivity contribution in [1.82, 2.24) is 5.32 Å². The Hall–Kier alpha value is -3.80. The third kappa shape index (κ3) is 6.85. The first kappa shape index (κ1) is 24.3. The first-order valence-corrected chi connectivity index (χ1v) is 12.3. The van der Waals surface area contributed by atoms with Crippen molar-refractivity contribution in [2.75, 3.05) is 37.0 Å². The first-order chi connectivity index (χ1) is 17.1. The van der Waals surface area contributed by atoms with Crippen LogP contribution < -0.4 is 20.3 Å². The average Bonchev–Trinajstić information content (AvgIpc) is 2.90. The Balaban J connectivity index is 1.46. The van der Waals surface area contributed by atoms with Gasteiger partial charge in [0.2, 0.25) is 5.91 Å². The summed E-state index contributed by atoms with van der Waals surface area (Å²) in [5.41, 5.74) is 4.23. The molecule has 1 aliphatic heterocycles. The van der Waals surface area contributed by atoms with Gasteiger partial charge in [0.05, 0.1) is 19.1 Å². The van der Waals surface area contributed by atoms with E-state index in [9.17, 15) is 9.59 Å². The highest BCUT2D eigenvalue weighted by atomic mass is 16.5. The minimum atomic E-state index is -0.128. The van der Waals surface area contributed by atoms with Gasteiger partial charge in [-0.1, -0.05) is 42.5 Å². The number of piperidine rings is 1. The molecule has 1 aliphatic rings. The fourth-order valence-electron chi connectivity index (χ4n) is 4.40. The highest BCUT2D eigenvalue weighted by Crippen LogP contribution is 2.27. The SMILES string of the molecule is COc1ccc(CC(=O)Nc2ccc(N3CCCCC3)c(C(=O)NCCc3ccccc3)c2)cc1. The minimum absolute atomic E-state index is 0.118. The second kappa shape index (κ2) is 12.1. The molecule has 0 radical (unpaired) electrons. The quantitative estimate of drug-likeness (QED) is 0.469. The van der Waals surface area contributed by atoms with E-state index in [1.54, 1.807) is 13.2 Å². The molecule has 1 saturated heterocycles. The van der Waals surface area contributed by atoms with Gasteiger partial charge >= 0.3 is 0 Å². The van der Waals surface area contributed by atoms with Crippen molar-refractivity contribution < 1.29 is 14.3 Å². The van der Waals surface area contributed by atoms with Gasteiger partial charge in [0.1, 0.15) is 5.75 Å². The van der Waals surface area contributed by atoms with Crippen molar-refractivity contribution in [3.63, 3.8) is 0 Å². The van der Waals surface area contributed by atoms with E-state index in [0.717, 1.165) is 49.4 Å². The molecule has 35 heavy (non-hydrogen) atoms. The van der Waals surface area contributed by atoms with Gasteiger partial charge in [-0.15, -0.1) is 0 Å². The van der Waals surface area contributed by atoms with E-state index in [-0.39, 0.29) is 18.2 Å². The van der Waals surface area contributed by atoms with E-state index in [4.69, 9.17) is 4.74 Å². The number of carbonyl (C=O) groups is 2. The van der Waals surface area contributed by atoms with Gasteiger partial charge in [-0.25, -0.2) is 0 Å². The van der Waals surface area contributed by atoms with Crippen molar-refractivity contribution in [3.05, 3.63) is 89.5 Å². The number of rotatable bonds is 9. The molecule has 4 rings (SSSR count). The van der Waals surface area contributed by atoms with Crippen LogP contribution in [0.3, 0.4) is 0 Å². The normalized spacial score (nSPS) is 13.2. The lowest BCUT2D eigenvalue weighted by Crippen LogP contribution is -2.33. The summed E-state index contributed by atoms with van der Waals surface area (Å²) in [6.07, 6.45) is 4.47. The zero-order chi connectivity index (χ0) is 24.5. The van der Waals surface area contributed by atoms with Crippen LogP contribution >= 0.6 is 0 Å². The minimum Gasteiger partial charge on any atom is -0.497 e. The molecular weight excluding hydrogens is 438 g/mol. The Morgan fingerprint density at radius 3 is 2.34 bits per heavy atom. The molecule has 0 aliphatic carbocycles. The summed E-state index contributed by atoms with van der Waals surface area (Å²) >= 11 is 0. The van der Waals surface area contributed by atoms with Gasteiger partial charge in [0, 0.05) is 31.0 Å². The van der Waals surface area contributed by atoms with Crippen molar-refractivity contribution in [2.24, 2.45) is 0 Å². The van der Waals surface area contributed by atoms with Crippen LogP contribution in [-0.2, 0) is 17.6 Å². The number of methoxy groups -OCH3 is 1. The van der Waals surface area contributed by atoms with Crippen LogP contribution in [0.1, 0.15) is 40.7 Å². The van der Waals surface area contributed by atoms with Crippen LogP contribution in [0.5, 0.6) is 5.75 Å². The number of benzene rings is 3. The number of nitrogens with zero attached hydrogens (tertiary/aromatic N) is 1. The summed E-state index contributed by atoms with van der Waals surface area (Å²) in [4.78, 5) is 28.2. The van der Waals surface area contributed by atoms with Crippen LogP contribution in [0.2, 0.25) is 0 Å². The molecule has 2 N–H and O–H groups in total. The second-order valence-electron chi connectivity index (χ2n) is 8.84. The smallest absolute Gasteiger partial charge is 0.253 e. The summed E-state index contributed by atoms with van der Waals surface area (Å²) in [6.45, 7) is 2.43. The third-order valence-corrected chi connectivity index (χ3v) is 6.29. The predicted octanol–water partition coefficient (Wildman–Crippen LogP) is 4.84. The van der Waals surface area contributed by atoms with Crippen molar-refractivity contribution in [3.8, 4) is 5.75 Å². The molecule has 0 unspecified atom stereocenters. The average molecular weight is 472 g/mol. The molecule has 0 bridgehead atoms. The van der Waals surface area contributed by atoms with Gasteiger partial charge in [-0.3, -0.25) is 9.59 Å². The number of carbonyl (C=O) groups excluding carboxylic acids is 2. The molecule has 6 heteroatoms. The standard InChI is InChI=1S/C29H33N3O3/c1-35-25-13-10-23(11-14-25)20-28(33)31-24-12-15-27(32-18-6-3-7-19-32)26(21-24)29(34)30-17-16-22-8-4-2-5-9-22/h2,4-5,8-15,21H,3,6-7,16-20H2,1H3,(H,30,34)(H,31,33). The Morgan fingerprint density at radius 2 is 1.63 bits per heavy atom. The number of nitrogens with one attached hydrogen (secondary N) is 2. The zero-order valence-electron chi connectivity index (χ0n) is 20.3. The molecule has 2 amide bonds. The first-order valence-electron chi connectivity index (χ1n) is 12.3. The second-order valence-corrected chi connectivity index (χ2v) is 8.84. The molecule has 3 aromatic rings. The summed E-state index contributed by atoms with van der Waals surface area (Å²) in [5, 5.41) is 6.03. The predicted molar refractivity (Wildman–Crippen MR) is 140 cm³/mol. The maximum absolute atomic E-state index is 13.2. The van der Waals surface area contributed by atoms with E-state index < -0.39 is 0 Å². The monoisotopic (exact) mass is 471 g/mol. The molecule has 3 aromatic carbocycles. The molecule has 182 valence electrons. The van der Waals surface area contributed by atoms with Gasteiger partial charge in [-0.2, -0.15) is 0 Å². The Kier molecular flexibility index (Phi) is 8.39. The maximum atomic E-state index is 13.2. The fourth-order valence-corrected chi connectivity index (χ4v) is 4.40. The number of amides is 2. The maximum Gasteiger partial charge on any atom is 0.253 e. The summed E-state index contributed by atoms with van der Waals surface area (Å²) in [5.74, 6) is 0.509. The van der Waals surface area contributed by atoms with Crippen LogP contribution in [0.15, 0.2) is 72.8 Å². The van der Waals surface area contributed by atoms with Crippen LogP contribution in [-0.4, -0.2) is 38.6 Å². The number of hydrogen-bond donors (Lipinski definition) is 2. The third-order valence-electron chi connectivity index (χ3n) is 6.29. The van der Waals surface area contributed by atoms with Crippen molar-refractivity contribution >= 4 is 23.2 Å². The highest BCUT2D eigenvalue weighted by Gasteiger charge is 2.19.